The third kappa shape index (κ3) is 27.2. The minimum atomic E-state index is -1.61. The van der Waals surface area contributed by atoms with Gasteiger partial charge in [0.2, 0.25) is 0 Å². The predicted octanol–water partition coefficient (Wildman–Crippen LogP) is 8.21. The monoisotopic (exact) mass is 773 g/mol. The zero-order chi connectivity index (χ0) is 40.2. The molecule has 1 rings (SSSR count). The topological polar surface area (TPSA) is 152 Å². The highest BCUT2D eigenvalue weighted by molar-refractivity contribution is 5.70. The number of esters is 2. The molecule has 0 saturated carbocycles. The number of aliphatic hydroxyl groups is 4. The molecule has 312 valence electrons. The van der Waals surface area contributed by atoms with Gasteiger partial charge in [0.05, 0.1) is 13.2 Å². The van der Waals surface area contributed by atoms with E-state index in [4.69, 9.17) is 18.9 Å². The van der Waals surface area contributed by atoms with E-state index in [1.807, 2.05) is 36.5 Å². The van der Waals surface area contributed by atoms with Gasteiger partial charge >= 0.3 is 11.9 Å². The fourth-order valence-electron chi connectivity index (χ4n) is 5.56. The standard InChI is InChI=1S/C45H72O10/c1-3-5-7-9-11-13-15-17-19-21-23-25-27-29-31-33-40(47)52-36-38(37-53-45-44(51)43(50)42(49)39(35-46)55-45)54-41(48)34-32-30-28-26-24-22-20-18-16-14-12-10-8-6-4-2/h6,8,10-14,16-20,23,25,38-39,42-46,49-51H,3-5,7,9,15,21-22,24,26-37H2,1-2H3/b8-6+,12-10+,13-11+,16-14+,19-17+,20-18+,25-23+/t38-,39-,42+,43?,44?,45-/m0/s1. The summed E-state index contributed by atoms with van der Waals surface area (Å²) in [6.45, 7) is 3.16. The SMILES string of the molecule is CC/C=C/C=C/C=C/C=C/CCCCCCCC(=O)O[C@@H](COC(=O)CCCC/C=C/C/C=C/C/C=C/CCCCC)CO[C@H]1O[C@@H](CO)[C@@H](O)C(O)C1O. The fourth-order valence-corrected chi connectivity index (χ4v) is 5.56. The van der Waals surface area contributed by atoms with Crippen molar-refractivity contribution in [1.29, 1.82) is 0 Å². The summed E-state index contributed by atoms with van der Waals surface area (Å²) < 4.78 is 22.0. The van der Waals surface area contributed by atoms with E-state index >= 15 is 0 Å². The van der Waals surface area contributed by atoms with Crippen molar-refractivity contribution < 1.29 is 49.0 Å². The Kier molecular flexibility index (Phi) is 32.0. The predicted molar refractivity (Wildman–Crippen MR) is 219 cm³/mol. The summed E-state index contributed by atoms with van der Waals surface area (Å²) in [6.07, 6.45) is 37.3. The Hall–Kier alpha value is -3.12. The molecule has 0 bridgehead atoms. The molecule has 6 atom stereocenters. The second-order valence-corrected chi connectivity index (χ2v) is 13.8. The summed E-state index contributed by atoms with van der Waals surface area (Å²) in [5.74, 6) is -0.890. The molecule has 1 heterocycles. The average Bonchev–Trinajstić information content (AvgIpc) is 3.18. The second-order valence-electron chi connectivity index (χ2n) is 13.8. The molecule has 10 nitrogen and oxygen atoms in total. The highest BCUT2D eigenvalue weighted by atomic mass is 16.7. The van der Waals surface area contributed by atoms with Crippen LogP contribution in [0.15, 0.2) is 85.1 Å². The first kappa shape index (κ1) is 49.9. The van der Waals surface area contributed by atoms with Gasteiger partial charge in [0.15, 0.2) is 12.4 Å². The number of ether oxygens (including phenoxy) is 4. The zero-order valence-electron chi connectivity index (χ0n) is 33.6. The van der Waals surface area contributed by atoms with Crippen LogP contribution in [0.2, 0.25) is 0 Å². The molecule has 1 aliphatic rings. The van der Waals surface area contributed by atoms with Gasteiger partial charge < -0.3 is 39.4 Å². The minimum Gasteiger partial charge on any atom is -0.462 e. The summed E-state index contributed by atoms with van der Waals surface area (Å²) >= 11 is 0. The summed E-state index contributed by atoms with van der Waals surface area (Å²) in [4.78, 5) is 25.2. The van der Waals surface area contributed by atoms with Gasteiger partial charge in [-0.1, -0.05) is 131 Å². The Bertz CT molecular complexity index is 1170. The van der Waals surface area contributed by atoms with Crippen LogP contribution in [-0.2, 0) is 28.5 Å². The Balaban J connectivity index is 2.43. The van der Waals surface area contributed by atoms with Crippen LogP contribution in [0, 0.1) is 0 Å². The highest BCUT2D eigenvalue weighted by Gasteiger charge is 2.44. The minimum absolute atomic E-state index is 0.190. The Labute approximate surface area is 331 Å². The lowest BCUT2D eigenvalue weighted by atomic mass is 9.99. The van der Waals surface area contributed by atoms with Gasteiger partial charge in [0, 0.05) is 12.8 Å². The molecule has 4 N–H and O–H groups in total. The van der Waals surface area contributed by atoms with Crippen LogP contribution < -0.4 is 0 Å². The molecule has 0 amide bonds. The van der Waals surface area contributed by atoms with Gasteiger partial charge in [-0.15, -0.1) is 0 Å². The van der Waals surface area contributed by atoms with Crippen LogP contribution in [0.3, 0.4) is 0 Å². The van der Waals surface area contributed by atoms with Crippen LogP contribution >= 0.6 is 0 Å². The number of carbonyl (C=O) groups is 2. The van der Waals surface area contributed by atoms with Crippen LogP contribution in [0.25, 0.3) is 0 Å². The maximum Gasteiger partial charge on any atom is 0.306 e. The third-order valence-electron chi connectivity index (χ3n) is 8.86. The molecule has 0 radical (unpaired) electrons. The van der Waals surface area contributed by atoms with Crippen LogP contribution in [0.5, 0.6) is 0 Å². The van der Waals surface area contributed by atoms with E-state index in [0.717, 1.165) is 70.6 Å². The largest absolute Gasteiger partial charge is 0.462 e. The van der Waals surface area contributed by atoms with Crippen molar-refractivity contribution in [3.05, 3.63) is 85.1 Å². The van der Waals surface area contributed by atoms with Gasteiger partial charge in [0.1, 0.15) is 31.0 Å². The average molecular weight is 773 g/mol. The first-order chi connectivity index (χ1) is 26.8. The molecule has 1 fully saturated rings. The molecule has 0 aliphatic carbocycles. The molecule has 2 unspecified atom stereocenters. The molecule has 1 aliphatic heterocycles. The summed E-state index contributed by atoms with van der Waals surface area (Å²) in [5, 5.41) is 40.0. The highest BCUT2D eigenvalue weighted by Crippen LogP contribution is 2.22. The molecular weight excluding hydrogens is 700 g/mol. The van der Waals surface area contributed by atoms with Crippen LogP contribution in [0.1, 0.15) is 129 Å². The molecular formula is C45H72O10. The molecule has 0 aromatic carbocycles. The van der Waals surface area contributed by atoms with Crippen LogP contribution in [0.4, 0.5) is 0 Å². The van der Waals surface area contributed by atoms with Crippen molar-refractivity contribution in [1.82, 2.24) is 0 Å². The number of hydrogen-bond acceptors (Lipinski definition) is 10. The van der Waals surface area contributed by atoms with Crippen LogP contribution in [-0.4, -0.2) is 89.0 Å². The first-order valence-electron chi connectivity index (χ1n) is 20.7. The number of hydrogen-bond donors (Lipinski definition) is 4. The normalized spacial score (nSPS) is 21.5. The summed E-state index contributed by atoms with van der Waals surface area (Å²) in [7, 11) is 0. The van der Waals surface area contributed by atoms with E-state index < -0.39 is 55.4 Å². The van der Waals surface area contributed by atoms with E-state index in [0.29, 0.717) is 12.8 Å². The number of carbonyl (C=O) groups excluding carboxylic acids is 2. The van der Waals surface area contributed by atoms with E-state index in [1.54, 1.807) is 0 Å². The Morgan fingerprint density at radius 2 is 1.15 bits per heavy atom. The van der Waals surface area contributed by atoms with Crippen molar-refractivity contribution in [2.75, 3.05) is 19.8 Å². The lowest BCUT2D eigenvalue weighted by Gasteiger charge is -2.39. The maximum atomic E-state index is 12.7. The van der Waals surface area contributed by atoms with Crippen molar-refractivity contribution in [2.45, 2.75) is 166 Å². The van der Waals surface area contributed by atoms with Gasteiger partial charge in [-0.3, -0.25) is 9.59 Å². The number of allylic oxidation sites excluding steroid dienone is 14. The summed E-state index contributed by atoms with van der Waals surface area (Å²) in [5.41, 5.74) is 0. The molecule has 0 aromatic rings. The zero-order valence-corrected chi connectivity index (χ0v) is 33.6. The lowest BCUT2D eigenvalue weighted by molar-refractivity contribution is -0.305. The van der Waals surface area contributed by atoms with E-state index in [2.05, 4.69) is 62.5 Å². The smallest absolute Gasteiger partial charge is 0.306 e. The lowest BCUT2D eigenvalue weighted by Crippen LogP contribution is -2.59. The van der Waals surface area contributed by atoms with Gasteiger partial charge in [-0.25, -0.2) is 0 Å². The molecule has 55 heavy (non-hydrogen) atoms. The van der Waals surface area contributed by atoms with Crippen molar-refractivity contribution in [3.63, 3.8) is 0 Å². The second kappa shape index (κ2) is 35.3. The van der Waals surface area contributed by atoms with Gasteiger partial charge in [-0.2, -0.15) is 0 Å². The third-order valence-corrected chi connectivity index (χ3v) is 8.86. The van der Waals surface area contributed by atoms with E-state index in [1.165, 1.54) is 19.3 Å². The van der Waals surface area contributed by atoms with Crippen molar-refractivity contribution >= 4 is 11.9 Å². The number of rotatable bonds is 32. The Morgan fingerprint density at radius 1 is 0.600 bits per heavy atom. The molecule has 10 heteroatoms. The summed E-state index contributed by atoms with van der Waals surface area (Å²) in [6, 6.07) is 0. The molecule has 0 aromatic heterocycles. The van der Waals surface area contributed by atoms with Crippen molar-refractivity contribution in [3.8, 4) is 0 Å². The van der Waals surface area contributed by atoms with Crippen molar-refractivity contribution in [2.24, 2.45) is 0 Å². The quantitative estimate of drug-likeness (QED) is 0.0228. The van der Waals surface area contributed by atoms with Gasteiger partial charge in [0.25, 0.3) is 0 Å². The molecule has 1 saturated heterocycles. The van der Waals surface area contributed by atoms with Gasteiger partial charge in [-0.05, 0) is 70.6 Å². The Morgan fingerprint density at radius 3 is 1.82 bits per heavy atom. The molecule has 0 spiro atoms. The van der Waals surface area contributed by atoms with E-state index in [-0.39, 0.29) is 26.1 Å². The van der Waals surface area contributed by atoms with E-state index in [9.17, 15) is 30.0 Å². The number of aliphatic hydroxyl groups excluding tert-OH is 4. The first-order valence-corrected chi connectivity index (χ1v) is 20.7. The number of unbranched alkanes of at least 4 members (excludes halogenated alkanes) is 10. The maximum absolute atomic E-state index is 12.7. The fraction of sp³-hybridized carbons (Fsp3) is 0.644.